The molecule has 4 N–H and O–H groups in total. The van der Waals surface area contributed by atoms with Crippen LogP contribution in [0.4, 0.5) is 11.8 Å². The number of aryl methyl sites for hydroxylation is 1. The predicted octanol–water partition coefficient (Wildman–Crippen LogP) is 1.29. The zero-order chi connectivity index (χ0) is 12.7. The Labute approximate surface area is 103 Å². The van der Waals surface area contributed by atoms with E-state index >= 15 is 0 Å². The molecule has 0 atom stereocenters. The molecule has 3 rings (SSSR count). The zero-order valence-corrected chi connectivity index (χ0v) is 9.83. The average molecular weight is 240 g/mol. The normalized spacial score (nSPS) is 10.9. The van der Waals surface area contributed by atoms with Gasteiger partial charge < -0.3 is 11.5 Å². The van der Waals surface area contributed by atoms with Gasteiger partial charge in [0.2, 0.25) is 5.95 Å². The molecule has 0 bridgehead atoms. The van der Waals surface area contributed by atoms with Gasteiger partial charge in [-0.1, -0.05) is 12.1 Å². The van der Waals surface area contributed by atoms with Crippen LogP contribution in [0.2, 0.25) is 0 Å². The van der Waals surface area contributed by atoms with E-state index in [4.69, 9.17) is 11.5 Å². The molecule has 0 unspecified atom stereocenters. The summed E-state index contributed by atoms with van der Waals surface area (Å²) < 4.78 is 1.92. The van der Waals surface area contributed by atoms with Crippen molar-refractivity contribution in [3.63, 3.8) is 0 Å². The largest absolute Gasteiger partial charge is 0.382 e. The Kier molecular flexibility index (Phi) is 2.16. The first kappa shape index (κ1) is 10.5. The Morgan fingerprint density at radius 1 is 1.11 bits per heavy atom. The van der Waals surface area contributed by atoms with Gasteiger partial charge in [0.05, 0.1) is 17.2 Å². The fourth-order valence-corrected chi connectivity index (χ4v) is 2.03. The maximum atomic E-state index is 5.89. The summed E-state index contributed by atoms with van der Waals surface area (Å²) in [5.74, 6) is 1.34. The Morgan fingerprint density at radius 3 is 2.67 bits per heavy atom. The molecular formula is C12H12N6. The molecule has 2 heterocycles. The van der Waals surface area contributed by atoms with Gasteiger partial charge in [0.1, 0.15) is 11.5 Å². The number of nitrogens with zero attached hydrogens (tertiary/aromatic N) is 4. The van der Waals surface area contributed by atoms with Gasteiger partial charge in [-0.25, -0.2) is 9.97 Å². The molecule has 0 spiro atoms. The molecule has 0 radical (unpaired) electrons. The number of benzene rings is 1. The van der Waals surface area contributed by atoms with Gasteiger partial charge in [-0.05, 0) is 19.1 Å². The quantitative estimate of drug-likeness (QED) is 0.668. The molecule has 18 heavy (non-hydrogen) atoms. The second kappa shape index (κ2) is 3.69. The number of hydrogen-bond acceptors (Lipinski definition) is 5. The Balaban J connectivity index is 2.34. The standard InChI is InChI=1S/C12H12N6/c1-7-16-8-4-2-3-5-9(8)18(7)10-6-15-12(14)17-11(10)13/h2-6H,1H3,(H4,13,14,15,17). The van der Waals surface area contributed by atoms with Crippen LogP contribution < -0.4 is 11.5 Å². The number of rotatable bonds is 1. The fraction of sp³-hybridized carbons (Fsp3) is 0.0833. The number of hydrogen-bond donors (Lipinski definition) is 2. The lowest BCUT2D eigenvalue weighted by Crippen LogP contribution is -2.07. The first-order chi connectivity index (χ1) is 8.66. The number of para-hydroxylation sites is 2. The predicted molar refractivity (Wildman–Crippen MR) is 70.2 cm³/mol. The van der Waals surface area contributed by atoms with Crippen molar-refractivity contribution in [2.24, 2.45) is 0 Å². The molecule has 0 fully saturated rings. The Morgan fingerprint density at radius 2 is 1.89 bits per heavy atom. The van der Waals surface area contributed by atoms with Crippen LogP contribution in [-0.4, -0.2) is 19.5 Å². The van der Waals surface area contributed by atoms with Gasteiger partial charge >= 0.3 is 0 Å². The van der Waals surface area contributed by atoms with Gasteiger partial charge in [0.25, 0.3) is 0 Å². The van der Waals surface area contributed by atoms with Gasteiger partial charge in [-0.3, -0.25) is 4.57 Å². The molecule has 90 valence electrons. The van der Waals surface area contributed by atoms with Crippen LogP contribution in [0.5, 0.6) is 0 Å². The van der Waals surface area contributed by atoms with Gasteiger partial charge in [-0.2, -0.15) is 4.98 Å². The molecule has 0 aliphatic carbocycles. The van der Waals surface area contributed by atoms with E-state index in [0.717, 1.165) is 16.9 Å². The molecule has 0 aliphatic heterocycles. The van der Waals surface area contributed by atoms with Gasteiger partial charge in [0.15, 0.2) is 5.82 Å². The smallest absolute Gasteiger partial charge is 0.222 e. The topological polar surface area (TPSA) is 95.6 Å². The summed E-state index contributed by atoms with van der Waals surface area (Å²) >= 11 is 0. The zero-order valence-electron chi connectivity index (χ0n) is 9.83. The third kappa shape index (κ3) is 1.46. The first-order valence-corrected chi connectivity index (χ1v) is 5.49. The van der Waals surface area contributed by atoms with E-state index in [0.29, 0.717) is 11.5 Å². The molecule has 3 aromatic rings. The highest BCUT2D eigenvalue weighted by molar-refractivity contribution is 5.79. The van der Waals surface area contributed by atoms with Crippen molar-refractivity contribution >= 4 is 22.8 Å². The molecule has 0 amide bonds. The molecule has 2 aromatic heterocycles. The Hall–Kier alpha value is -2.63. The van der Waals surface area contributed by atoms with E-state index in [1.165, 1.54) is 0 Å². The van der Waals surface area contributed by atoms with Crippen molar-refractivity contribution in [1.82, 2.24) is 19.5 Å². The fourth-order valence-electron chi connectivity index (χ4n) is 2.03. The minimum Gasteiger partial charge on any atom is -0.382 e. The number of nitrogen functional groups attached to an aromatic ring is 2. The molecule has 0 aliphatic rings. The summed E-state index contributed by atoms with van der Waals surface area (Å²) in [6, 6.07) is 7.83. The van der Waals surface area contributed by atoms with Crippen molar-refractivity contribution in [3.8, 4) is 5.69 Å². The molecule has 6 nitrogen and oxygen atoms in total. The SMILES string of the molecule is Cc1nc2ccccc2n1-c1cnc(N)nc1N. The highest BCUT2D eigenvalue weighted by Crippen LogP contribution is 2.23. The lowest BCUT2D eigenvalue weighted by Gasteiger charge is -2.08. The van der Waals surface area contributed by atoms with Crippen molar-refractivity contribution in [3.05, 3.63) is 36.3 Å². The summed E-state index contributed by atoms with van der Waals surface area (Å²) in [6.07, 6.45) is 1.61. The summed E-state index contributed by atoms with van der Waals surface area (Å²) in [7, 11) is 0. The molecule has 6 heteroatoms. The monoisotopic (exact) mass is 240 g/mol. The van der Waals surface area contributed by atoms with Crippen LogP contribution >= 0.6 is 0 Å². The van der Waals surface area contributed by atoms with Crippen molar-refractivity contribution in [1.29, 1.82) is 0 Å². The summed E-state index contributed by atoms with van der Waals surface area (Å²) in [6.45, 7) is 1.91. The third-order valence-electron chi connectivity index (χ3n) is 2.79. The maximum absolute atomic E-state index is 5.89. The number of nitrogens with two attached hydrogens (primary N) is 2. The number of anilines is 2. The average Bonchev–Trinajstić information content (AvgIpc) is 2.66. The Bertz CT molecular complexity index is 731. The second-order valence-electron chi connectivity index (χ2n) is 3.98. The van der Waals surface area contributed by atoms with Crippen LogP contribution in [-0.2, 0) is 0 Å². The van der Waals surface area contributed by atoms with Crippen molar-refractivity contribution < 1.29 is 0 Å². The third-order valence-corrected chi connectivity index (χ3v) is 2.79. The summed E-state index contributed by atoms with van der Waals surface area (Å²) in [4.78, 5) is 12.4. The van der Waals surface area contributed by atoms with E-state index in [2.05, 4.69) is 15.0 Å². The van der Waals surface area contributed by atoms with E-state index < -0.39 is 0 Å². The molecule has 0 saturated heterocycles. The highest BCUT2D eigenvalue weighted by atomic mass is 15.1. The second-order valence-corrected chi connectivity index (χ2v) is 3.98. The minimum absolute atomic E-state index is 0.165. The van der Waals surface area contributed by atoms with Gasteiger partial charge in [-0.15, -0.1) is 0 Å². The molecule has 0 saturated carbocycles. The van der Waals surface area contributed by atoms with Crippen LogP contribution in [0.1, 0.15) is 5.82 Å². The van der Waals surface area contributed by atoms with E-state index in [9.17, 15) is 0 Å². The van der Waals surface area contributed by atoms with E-state index in [-0.39, 0.29) is 5.95 Å². The summed E-state index contributed by atoms with van der Waals surface area (Å²) in [5.41, 5.74) is 14.0. The van der Waals surface area contributed by atoms with Crippen molar-refractivity contribution in [2.75, 3.05) is 11.5 Å². The van der Waals surface area contributed by atoms with Crippen molar-refractivity contribution in [2.45, 2.75) is 6.92 Å². The van der Waals surface area contributed by atoms with Crippen LogP contribution in [0.25, 0.3) is 16.7 Å². The van der Waals surface area contributed by atoms with Crippen LogP contribution in [0.15, 0.2) is 30.5 Å². The molecular weight excluding hydrogens is 228 g/mol. The minimum atomic E-state index is 0.165. The first-order valence-electron chi connectivity index (χ1n) is 5.49. The lowest BCUT2D eigenvalue weighted by atomic mass is 10.3. The number of imidazole rings is 1. The molecule has 1 aromatic carbocycles. The number of aromatic nitrogens is 4. The summed E-state index contributed by atoms with van der Waals surface area (Å²) in [5, 5.41) is 0. The van der Waals surface area contributed by atoms with E-state index in [1.807, 2.05) is 35.8 Å². The maximum Gasteiger partial charge on any atom is 0.222 e. The number of fused-ring (bicyclic) bond motifs is 1. The lowest BCUT2D eigenvalue weighted by molar-refractivity contribution is 0.979. The van der Waals surface area contributed by atoms with Crippen LogP contribution in [0, 0.1) is 6.92 Å². The van der Waals surface area contributed by atoms with E-state index in [1.54, 1.807) is 6.20 Å². The highest BCUT2D eigenvalue weighted by Gasteiger charge is 2.12. The van der Waals surface area contributed by atoms with Gasteiger partial charge in [0, 0.05) is 0 Å². The van der Waals surface area contributed by atoms with Crippen LogP contribution in [0.3, 0.4) is 0 Å².